The number of nitrogens with zero attached hydrogens (tertiary/aromatic N) is 3. The van der Waals surface area contributed by atoms with Gasteiger partial charge < -0.3 is 15.5 Å². The zero-order valence-corrected chi connectivity index (χ0v) is 14.9. The first-order valence-electron chi connectivity index (χ1n) is 8.55. The van der Waals surface area contributed by atoms with Crippen LogP contribution in [-0.2, 0) is 6.54 Å². The number of hydrogen-bond donors (Lipinski definition) is 2. The summed E-state index contributed by atoms with van der Waals surface area (Å²) in [5, 5.41) is 13.9. The Hall–Kier alpha value is -2.35. The molecule has 1 aliphatic rings. The molecule has 2 aromatic heterocycles. The maximum absolute atomic E-state index is 12.2. The van der Waals surface area contributed by atoms with Gasteiger partial charge in [-0.15, -0.1) is 0 Å². The first-order chi connectivity index (χ1) is 12.2. The average molecular weight is 361 g/mol. The molecule has 25 heavy (non-hydrogen) atoms. The number of aromatic nitrogens is 2. The van der Waals surface area contributed by atoms with Crippen molar-refractivity contribution in [1.82, 2.24) is 25.3 Å². The highest BCUT2D eigenvalue weighted by atomic mass is 32.1. The van der Waals surface area contributed by atoms with Crippen molar-refractivity contribution in [3.05, 3.63) is 40.8 Å². The zero-order chi connectivity index (χ0) is 17.5. The van der Waals surface area contributed by atoms with Crippen molar-refractivity contribution in [3.8, 4) is 0 Å². The highest BCUT2D eigenvalue weighted by Gasteiger charge is 2.23. The summed E-state index contributed by atoms with van der Waals surface area (Å²) in [6, 6.07) is 3.82. The molecule has 0 aromatic carbocycles. The van der Waals surface area contributed by atoms with Crippen molar-refractivity contribution in [2.24, 2.45) is 0 Å². The summed E-state index contributed by atoms with van der Waals surface area (Å²) >= 11 is 1.52. The normalized spacial score (nSPS) is 15.1. The molecule has 0 atom stereocenters. The van der Waals surface area contributed by atoms with Crippen LogP contribution in [0, 0.1) is 0 Å². The molecule has 3 rings (SSSR count). The fraction of sp³-hybridized carbons (Fsp3) is 0.471. The van der Waals surface area contributed by atoms with E-state index in [9.17, 15) is 9.59 Å². The number of rotatable bonds is 6. The largest absolute Gasteiger partial charge is 0.349 e. The van der Waals surface area contributed by atoms with Gasteiger partial charge in [0.05, 0.1) is 0 Å². The maximum Gasteiger partial charge on any atom is 0.317 e. The first-order valence-corrected chi connectivity index (χ1v) is 9.50. The molecule has 134 valence electrons. The van der Waals surface area contributed by atoms with Crippen molar-refractivity contribution >= 4 is 23.3 Å². The van der Waals surface area contributed by atoms with E-state index in [1.165, 1.54) is 11.3 Å². The number of aryl methyl sites for hydroxylation is 1. The van der Waals surface area contributed by atoms with Crippen LogP contribution < -0.4 is 10.6 Å². The lowest BCUT2D eigenvalue weighted by Gasteiger charge is -2.32. The summed E-state index contributed by atoms with van der Waals surface area (Å²) in [6.07, 6.45) is 6.09. The van der Waals surface area contributed by atoms with Crippen molar-refractivity contribution in [1.29, 1.82) is 0 Å². The molecular weight excluding hydrogens is 338 g/mol. The number of likely N-dealkylation sites (tertiary alicyclic amines) is 1. The molecule has 0 bridgehead atoms. The van der Waals surface area contributed by atoms with Crippen molar-refractivity contribution in [3.63, 3.8) is 0 Å². The predicted molar refractivity (Wildman–Crippen MR) is 96.6 cm³/mol. The highest BCUT2D eigenvalue weighted by molar-refractivity contribution is 7.08. The third-order valence-electron chi connectivity index (χ3n) is 4.30. The molecule has 3 heterocycles. The van der Waals surface area contributed by atoms with Crippen molar-refractivity contribution in [2.75, 3.05) is 19.6 Å². The van der Waals surface area contributed by atoms with E-state index in [2.05, 4.69) is 15.7 Å². The highest BCUT2D eigenvalue weighted by Crippen LogP contribution is 2.12. The van der Waals surface area contributed by atoms with E-state index in [0.29, 0.717) is 25.2 Å². The summed E-state index contributed by atoms with van der Waals surface area (Å²) in [7, 11) is 0. The van der Waals surface area contributed by atoms with E-state index in [1.54, 1.807) is 6.20 Å². The lowest BCUT2D eigenvalue weighted by atomic mass is 10.0. The Morgan fingerprint density at radius 1 is 1.32 bits per heavy atom. The van der Waals surface area contributed by atoms with Crippen LogP contribution in [0.15, 0.2) is 35.3 Å². The minimum atomic E-state index is -0.0252. The van der Waals surface area contributed by atoms with Crippen LogP contribution in [-0.4, -0.2) is 52.3 Å². The van der Waals surface area contributed by atoms with Crippen LogP contribution >= 0.6 is 11.3 Å². The molecule has 2 N–H and O–H groups in total. The molecule has 8 heteroatoms. The molecule has 7 nitrogen and oxygen atoms in total. The summed E-state index contributed by atoms with van der Waals surface area (Å²) < 4.78 is 1.85. The van der Waals surface area contributed by atoms with Crippen LogP contribution in [0.5, 0.6) is 0 Å². The monoisotopic (exact) mass is 361 g/mol. The van der Waals surface area contributed by atoms with E-state index >= 15 is 0 Å². The lowest BCUT2D eigenvalue weighted by Crippen LogP contribution is -2.49. The smallest absolute Gasteiger partial charge is 0.317 e. The molecule has 1 aliphatic heterocycles. The van der Waals surface area contributed by atoms with E-state index < -0.39 is 0 Å². The van der Waals surface area contributed by atoms with Gasteiger partial charge in [-0.3, -0.25) is 9.48 Å². The topological polar surface area (TPSA) is 79.3 Å². The Morgan fingerprint density at radius 2 is 2.16 bits per heavy atom. The Balaban J connectivity index is 1.32. The fourth-order valence-corrected chi connectivity index (χ4v) is 3.51. The van der Waals surface area contributed by atoms with E-state index in [-0.39, 0.29) is 18.0 Å². The Morgan fingerprint density at radius 3 is 2.84 bits per heavy atom. The Kier molecular flexibility index (Phi) is 6.05. The number of carbonyl (C=O) groups is 2. The van der Waals surface area contributed by atoms with E-state index in [0.717, 1.165) is 25.8 Å². The molecule has 0 unspecified atom stereocenters. The number of amides is 3. The number of carbonyl (C=O) groups excluding carboxylic acids is 2. The second-order valence-electron chi connectivity index (χ2n) is 6.10. The van der Waals surface area contributed by atoms with Crippen LogP contribution in [0.2, 0.25) is 0 Å². The second-order valence-corrected chi connectivity index (χ2v) is 6.88. The molecule has 0 aliphatic carbocycles. The van der Waals surface area contributed by atoms with Gasteiger partial charge in [-0.25, -0.2) is 4.79 Å². The van der Waals surface area contributed by atoms with Crippen LogP contribution in [0.25, 0.3) is 0 Å². The third kappa shape index (κ3) is 5.06. The second kappa shape index (κ2) is 8.66. The summed E-state index contributed by atoms with van der Waals surface area (Å²) in [4.78, 5) is 26.1. The van der Waals surface area contributed by atoms with Gasteiger partial charge in [-0.2, -0.15) is 16.4 Å². The van der Waals surface area contributed by atoms with Gasteiger partial charge in [0.25, 0.3) is 5.91 Å². The number of urea groups is 1. The van der Waals surface area contributed by atoms with Gasteiger partial charge in [0.1, 0.15) is 0 Å². The zero-order valence-electron chi connectivity index (χ0n) is 14.1. The molecule has 0 spiro atoms. The van der Waals surface area contributed by atoms with Gasteiger partial charge >= 0.3 is 6.03 Å². The van der Waals surface area contributed by atoms with Crippen LogP contribution in [0.4, 0.5) is 4.79 Å². The van der Waals surface area contributed by atoms with Gasteiger partial charge in [0.2, 0.25) is 0 Å². The fourth-order valence-electron chi connectivity index (χ4n) is 2.87. The van der Waals surface area contributed by atoms with E-state index in [1.807, 2.05) is 38.7 Å². The van der Waals surface area contributed by atoms with Gasteiger partial charge in [-0.05, 0) is 36.8 Å². The maximum atomic E-state index is 12.2. The molecule has 3 amide bonds. The Labute approximate surface area is 151 Å². The van der Waals surface area contributed by atoms with Crippen LogP contribution in [0.1, 0.15) is 29.6 Å². The molecule has 1 fully saturated rings. The Bertz CT molecular complexity index is 663. The number of hydrogen-bond acceptors (Lipinski definition) is 4. The quantitative estimate of drug-likeness (QED) is 0.772. The van der Waals surface area contributed by atoms with Crippen molar-refractivity contribution < 1.29 is 9.59 Å². The third-order valence-corrected chi connectivity index (χ3v) is 4.98. The standard InChI is InChI=1S/C17H23N5O2S/c23-16(14-5-12-25-13-14)20-15-3-10-21(11-4-15)17(24)18-6-1-8-22-9-2-7-19-22/h2,5,7,9,12-13,15H,1,3-4,6,8,10-11H2,(H,18,24)(H,20,23). The summed E-state index contributed by atoms with van der Waals surface area (Å²) in [6.45, 7) is 2.76. The first kappa shape index (κ1) is 17.5. The van der Waals surface area contributed by atoms with Gasteiger partial charge in [-0.1, -0.05) is 0 Å². The van der Waals surface area contributed by atoms with Crippen molar-refractivity contribution in [2.45, 2.75) is 31.8 Å². The molecule has 2 aromatic rings. The van der Waals surface area contributed by atoms with Crippen LogP contribution in [0.3, 0.4) is 0 Å². The SMILES string of the molecule is O=C(NC1CCN(C(=O)NCCCn2cccn2)CC1)c1ccsc1. The number of nitrogens with one attached hydrogen (secondary N) is 2. The number of thiophene rings is 1. The molecule has 0 saturated carbocycles. The predicted octanol–water partition coefficient (Wildman–Crippen LogP) is 1.94. The van der Waals surface area contributed by atoms with Gasteiger partial charge in [0.15, 0.2) is 0 Å². The minimum absolute atomic E-state index is 0.0249. The molecule has 1 saturated heterocycles. The number of piperidine rings is 1. The molecule has 0 radical (unpaired) electrons. The lowest BCUT2D eigenvalue weighted by molar-refractivity contribution is 0.0918. The minimum Gasteiger partial charge on any atom is -0.349 e. The van der Waals surface area contributed by atoms with Gasteiger partial charge in [0, 0.05) is 55.6 Å². The summed E-state index contributed by atoms with van der Waals surface area (Å²) in [5.41, 5.74) is 0.711. The summed E-state index contributed by atoms with van der Waals surface area (Å²) in [5.74, 6) is -0.0252. The van der Waals surface area contributed by atoms with E-state index in [4.69, 9.17) is 0 Å². The molecular formula is C17H23N5O2S. The average Bonchev–Trinajstić information content (AvgIpc) is 3.32.